The predicted octanol–water partition coefficient (Wildman–Crippen LogP) is 2.40. The van der Waals surface area contributed by atoms with Gasteiger partial charge in [0.1, 0.15) is 0 Å². The van der Waals surface area contributed by atoms with E-state index in [0.29, 0.717) is 6.04 Å². The number of guanidine groups is 1. The van der Waals surface area contributed by atoms with Gasteiger partial charge in [-0.3, -0.25) is 9.67 Å². The largest absolute Gasteiger partial charge is 0.357 e. The normalized spacial score (nSPS) is 16.9. The van der Waals surface area contributed by atoms with E-state index in [0.717, 1.165) is 37.6 Å². The SMILES string of the molecule is CCNC(=NCCCCN1CCCC1)NC(C)Cc1c(C)nn(C)c1C. The lowest BCUT2D eigenvalue weighted by molar-refractivity contribution is 0.331. The van der Waals surface area contributed by atoms with Crippen LogP contribution in [0.5, 0.6) is 0 Å². The first kappa shape index (κ1) is 20.7. The van der Waals surface area contributed by atoms with Crippen LogP contribution in [0, 0.1) is 13.8 Å². The molecule has 1 saturated heterocycles. The van der Waals surface area contributed by atoms with E-state index in [9.17, 15) is 0 Å². The number of nitrogens with one attached hydrogen (secondary N) is 2. The molecular weight excluding hydrogens is 324 g/mol. The van der Waals surface area contributed by atoms with Crippen molar-refractivity contribution >= 4 is 5.96 Å². The van der Waals surface area contributed by atoms with Crippen LogP contribution in [0.3, 0.4) is 0 Å². The van der Waals surface area contributed by atoms with Crippen LogP contribution in [0.1, 0.15) is 56.5 Å². The fourth-order valence-corrected chi connectivity index (χ4v) is 3.67. The Kier molecular flexibility index (Phi) is 8.42. The lowest BCUT2D eigenvalue weighted by atomic mass is 10.1. The predicted molar refractivity (Wildman–Crippen MR) is 110 cm³/mol. The van der Waals surface area contributed by atoms with E-state index in [1.165, 1.54) is 50.2 Å². The summed E-state index contributed by atoms with van der Waals surface area (Å²) in [6.07, 6.45) is 6.11. The third-order valence-electron chi connectivity index (χ3n) is 5.25. The number of rotatable bonds is 9. The standard InChI is InChI=1S/C20H38N6/c1-6-21-20(22-11-7-8-12-26-13-9-10-14-26)23-16(2)15-19-17(3)24-25(5)18(19)4/h16H,6-15H2,1-5H3,(H2,21,22,23). The summed E-state index contributed by atoms with van der Waals surface area (Å²) in [4.78, 5) is 7.34. The highest BCUT2D eigenvalue weighted by molar-refractivity contribution is 5.80. The number of aromatic nitrogens is 2. The quantitative estimate of drug-likeness (QED) is 0.402. The minimum atomic E-state index is 0.319. The first-order valence-corrected chi connectivity index (χ1v) is 10.3. The maximum absolute atomic E-state index is 4.76. The molecular formula is C20H38N6. The second-order valence-corrected chi connectivity index (χ2v) is 7.54. The molecule has 2 rings (SSSR count). The van der Waals surface area contributed by atoms with Crippen molar-refractivity contribution in [3.8, 4) is 0 Å². The summed E-state index contributed by atoms with van der Waals surface area (Å²) in [5.41, 5.74) is 3.72. The Balaban J connectivity index is 1.77. The van der Waals surface area contributed by atoms with Crippen LogP contribution in [-0.4, -0.2) is 59.4 Å². The van der Waals surface area contributed by atoms with Crippen molar-refractivity contribution in [3.63, 3.8) is 0 Å². The Morgan fingerprint density at radius 1 is 1.23 bits per heavy atom. The van der Waals surface area contributed by atoms with Crippen LogP contribution in [0.4, 0.5) is 0 Å². The molecule has 2 heterocycles. The Morgan fingerprint density at radius 2 is 1.96 bits per heavy atom. The van der Waals surface area contributed by atoms with Gasteiger partial charge >= 0.3 is 0 Å². The van der Waals surface area contributed by atoms with Crippen molar-refractivity contribution in [1.29, 1.82) is 0 Å². The number of nitrogens with zero attached hydrogens (tertiary/aromatic N) is 4. The molecule has 0 aromatic carbocycles. The number of unbranched alkanes of at least 4 members (excludes halogenated alkanes) is 1. The second-order valence-electron chi connectivity index (χ2n) is 7.54. The van der Waals surface area contributed by atoms with Crippen LogP contribution < -0.4 is 10.6 Å². The van der Waals surface area contributed by atoms with E-state index in [1.54, 1.807) is 0 Å². The lowest BCUT2D eigenvalue weighted by Crippen LogP contribution is -2.43. The van der Waals surface area contributed by atoms with Crippen molar-refractivity contribution in [2.45, 2.75) is 65.8 Å². The van der Waals surface area contributed by atoms with Crippen LogP contribution in [-0.2, 0) is 13.5 Å². The molecule has 6 heteroatoms. The Bertz CT molecular complexity index is 571. The molecule has 1 fully saturated rings. The molecule has 1 aliphatic rings. The molecule has 148 valence electrons. The van der Waals surface area contributed by atoms with E-state index < -0.39 is 0 Å². The summed E-state index contributed by atoms with van der Waals surface area (Å²) < 4.78 is 1.97. The minimum Gasteiger partial charge on any atom is -0.357 e. The number of hydrogen-bond donors (Lipinski definition) is 2. The zero-order chi connectivity index (χ0) is 18.9. The summed E-state index contributed by atoms with van der Waals surface area (Å²) in [6.45, 7) is 14.1. The first-order valence-electron chi connectivity index (χ1n) is 10.3. The average Bonchev–Trinajstić information content (AvgIpc) is 3.19. The highest BCUT2D eigenvalue weighted by Crippen LogP contribution is 2.14. The summed E-state index contributed by atoms with van der Waals surface area (Å²) in [6, 6.07) is 0.319. The van der Waals surface area contributed by atoms with Crippen molar-refractivity contribution in [2.75, 3.05) is 32.7 Å². The van der Waals surface area contributed by atoms with Crippen LogP contribution in [0.2, 0.25) is 0 Å². The third-order valence-corrected chi connectivity index (χ3v) is 5.25. The Morgan fingerprint density at radius 3 is 2.58 bits per heavy atom. The van der Waals surface area contributed by atoms with Crippen LogP contribution in [0.15, 0.2) is 4.99 Å². The second kappa shape index (κ2) is 10.6. The summed E-state index contributed by atoms with van der Waals surface area (Å²) in [7, 11) is 2.01. The molecule has 6 nitrogen and oxygen atoms in total. The summed E-state index contributed by atoms with van der Waals surface area (Å²) >= 11 is 0. The maximum Gasteiger partial charge on any atom is 0.191 e. The monoisotopic (exact) mass is 362 g/mol. The molecule has 0 spiro atoms. The molecule has 1 atom stereocenters. The van der Waals surface area contributed by atoms with Gasteiger partial charge in [0.2, 0.25) is 0 Å². The van der Waals surface area contributed by atoms with E-state index >= 15 is 0 Å². The highest BCUT2D eigenvalue weighted by atomic mass is 15.3. The Labute approximate surface area is 159 Å². The van der Waals surface area contributed by atoms with E-state index in [1.807, 2.05) is 11.7 Å². The molecule has 0 saturated carbocycles. The lowest BCUT2D eigenvalue weighted by Gasteiger charge is -2.18. The smallest absolute Gasteiger partial charge is 0.191 e. The summed E-state index contributed by atoms with van der Waals surface area (Å²) in [5, 5.41) is 11.4. The molecule has 1 aliphatic heterocycles. The van der Waals surface area contributed by atoms with E-state index in [-0.39, 0.29) is 0 Å². The van der Waals surface area contributed by atoms with Gasteiger partial charge in [-0.1, -0.05) is 0 Å². The number of aryl methyl sites for hydroxylation is 2. The molecule has 2 N–H and O–H groups in total. The van der Waals surface area contributed by atoms with Gasteiger partial charge in [0, 0.05) is 31.9 Å². The van der Waals surface area contributed by atoms with Gasteiger partial charge in [-0.2, -0.15) is 5.10 Å². The van der Waals surface area contributed by atoms with Gasteiger partial charge in [-0.15, -0.1) is 0 Å². The van der Waals surface area contributed by atoms with Crippen LogP contribution in [0.25, 0.3) is 0 Å². The van der Waals surface area contributed by atoms with E-state index in [4.69, 9.17) is 4.99 Å². The fraction of sp³-hybridized carbons (Fsp3) is 0.800. The minimum absolute atomic E-state index is 0.319. The van der Waals surface area contributed by atoms with Gasteiger partial charge in [-0.05, 0) is 85.0 Å². The van der Waals surface area contributed by atoms with Crippen molar-refractivity contribution < 1.29 is 0 Å². The molecule has 0 aliphatic carbocycles. The molecule has 1 aromatic rings. The van der Waals surface area contributed by atoms with Gasteiger partial charge in [0.15, 0.2) is 5.96 Å². The zero-order valence-electron chi connectivity index (χ0n) is 17.4. The van der Waals surface area contributed by atoms with Crippen molar-refractivity contribution in [3.05, 3.63) is 17.0 Å². The molecule has 0 radical (unpaired) electrons. The van der Waals surface area contributed by atoms with Crippen molar-refractivity contribution in [1.82, 2.24) is 25.3 Å². The Hall–Kier alpha value is -1.56. The van der Waals surface area contributed by atoms with Crippen LogP contribution >= 0.6 is 0 Å². The van der Waals surface area contributed by atoms with Crippen molar-refractivity contribution in [2.24, 2.45) is 12.0 Å². The highest BCUT2D eigenvalue weighted by Gasteiger charge is 2.14. The van der Waals surface area contributed by atoms with E-state index in [2.05, 4.69) is 48.3 Å². The van der Waals surface area contributed by atoms with Gasteiger partial charge in [0.25, 0.3) is 0 Å². The molecule has 0 bridgehead atoms. The van der Waals surface area contributed by atoms with Gasteiger partial charge in [-0.25, -0.2) is 0 Å². The molecule has 26 heavy (non-hydrogen) atoms. The summed E-state index contributed by atoms with van der Waals surface area (Å²) in [5.74, 6) is 0.931. The first-order chi connectivity index (χ1) is 12.5. The molecule has 1 aromatic heterocycles. The molecule has 0 amide bonds. The number of likely N-dealkylation sites (tertiary alicyclic amines) is 1. The maximum atomic E-state index is 4.76. The third kappa shape index (κ3) is 6.31. The number of aliphatic imine (C=N–C) groups is 1. The zero-order valence-corrected chi connectivity index (χ0v) is 17.4. The van der Waals surface area contributed by atoms with Gasteiger partial charge in [0.05, 0.1) is 5.69 Å². The van der Waals surface area contributed by atoms with Gasteiger partial charge < -0.3 is 15.5 Å². The molecule has 1 unspecified atom stereocenters. The number of hydrogen-bond acceptors (Lipinski definition) is 3. The average molecular weight is 363 g/mol. The fourth-order valence-electron chi connectivity index (χ4n) is 3.67. The topological polar surface area (TPSA) is 57.5 Å².